The molecule has 40 heavy (non-hydrogen) atoms. The molecule has 2 unspecified atom stereocenters. The first kappa shape index (κ1) is 28.4. The van der Waals surface area contributed by atoms with E-state index >= 15 is 0 Å². The van der Waals surface area contributed by atoms with Crippen LogP contribution in [0.25, 0.3) is 16.6 Å². The number of aryl methyl sites for hydroxylation is 1. The van der Waals surface area contributed by atoms with Gasteiger partial charge in [-0.05, 0) is 68.0 Å². The zero-order valence-corrected chi connectivity index (χ0v) is 22.6. The minimum atomic E-state index is -0.250. The first-order valence-electron chi connectivity index (χ1n) is 13.1. The smallest absolute Gasteiger partial charge is 0.290 e. The Morgan fingerprint density at radius 3 is 2.70 bits per heavy atom. The number of hydrogen-bond acceptors (Lipinski definition) is 8. The number of phenolic OH excluding ortho intramolecular Hbond substituents is 1. The van der Waals surface area contributed by atoms with Gasteiger partial charge in [-0.3, -0.25) is 4.79 Å². The van der Waals surface area contributed by atoms with Crippen LogP contribution in [0.5, 0.6) is 11.6 Å². The lowest BCUT2D eigenvalue weighted by Crippen LogP contribution is -2.35. The van der Waals surface area contributed by atoms with Crippen LogP contribution in [0.4, 0.5) is 11.4 Å². The molecule has 3 aromatic heterocycles. The minimum Gasteiger partial charge on any atom is -0.508 e. The molecule has 4 aromatic rings. The summed E-state index contributed by atoms with van der Waals surface area (Å²) >= 11 is 0. The molecule has 5 rings (SSSR count). The van der Waals surface area contributed by atoms with Gasteiger partial charge in [0.15, 0.2) is 0 Å². The van der Waals surface area contributed by atoms with Crippen molar-refractivity contribution in [2.45, 2.75) is 51.1 Å². The van der Waals surface area contributed by atoms with Crippen molar-refractivity contribution in [3.05, 3.63) is 66.1 Å². The largest absolute Gasteiger partial charge is 0.508 e. The van der Waals surface area contributed by atoms with Crippen molar-refractivity contribution in [3.8, 4) is 22.8 Å². The van der Waals surface area contributed by atoms with Crippen LogP contribution in [0.2, 0.25) is 0 Å². The van der Waals surface area contributed by atoms with Crippen molar-refractivity contribution in [3.63, 3.8) is 0 Å². The number of hydrogen-bond donors (Lipinski definition) is 5. The topological polar surface area (TPSA) is 173 Å². The third-order valence-electron chi connectivity index (χ3n) is 6.94. The molecule has 0 saturated heterocycles. The zero-order valence-electron chi connectivity index (χ0n) is 22.6. The van der Waals surface area contributed by atoms with Gasteiger partial charge < -0.3 is 31.7 Å². The first-order valence-corrected chi connectivity index (χ1v) is 13.1. The van der Waals surface area contributed by atoms with Gasteiger partial charge >= 0.3 is 0 Å². The van der Waals surface area contributed by atoms with Crippen molar-refractivity contribution in [2.24, 2.45) is 16.5 Å². The summed E-state index contributed by atoms with van der Waals surface area (Å²) in [6.45, 7) is 1.77. The number of nitrogens with one attached hydrogen (secondary N) is 1. The van der Waals surface area contributed by atoms with Gasteiger partial charge in [-0.25, -0.2) is 14.5 Å². The second-order valence-corrected chi connectivity index (χ2v) is 9.62. The number of benzene rings is 1. The highest BCUT2D eigenvalue weighted by molar-refractivity contribution is 6.06. The Balaban J connectivity index is 0.00000118. The third kappa shape index (κ3) is 6.49. The van der Waals surface area contributed by atoms with Crippen LogP contribution < -0.4 is 21.5 Å². The van der Waals surface area contributed by atoms with Gasteiger partial charge in [0.2, 0.25) is 5.88 Å². The van der Waals surface area contributed by atoms with Crippen molar-refractivity contribution < 1.29 is 19.7 Å². The van der Waals surface area contributed by atoms with Gasteiger partial charge in [-0.2, -0.15) is 5.10 Å². The van der Waals surface area contributed by atoms with Gasteiger partial charge in [0.1, 0.15) is 11.6 Å². The number of nitrogens with two attached hydrogens (primary N) is 2. The molecule has 1 aliphatic rings. The van der Waals surface area contributed by atoms with E-state index in [1.807, 2.05) is 29.8 Å². The van der Waals surface area contributed by atoms with Crippen molar-refractivity contribution in [2.75, 3.05) is 12.4 Å². The van der Waals surface area contributed by atoms with E-state index in [1.54, 1.807) is 37.7 Å². The van der Waals surface area contributed by atoms with Crippen molar-refractivity contribution >= 4 is 29.2 Å². The lowest BCUT2D eigenvalue weighted by atomic mass is 9.91. The molecule has 0 aliphatic heterocycles. The number of carbonyl (C=O) groups is 1. The Kier molecular flexibility index (Phi) is 9.18. The summed E-state index contributed by atoms with van der Waals surface area (Å²) < 4.78 is 7.05. The fourth-order valence-corrected chi connectivity index (χ4v) is 4.95. The summed E-state index contributed by atoms with van der Waals surface area (Å²) in [6.07, 6.45) is 10.3. The van der Waals surface area contributed by atoms with E-state index in [4.69, 9.17) is 31.1 Å². The highest BCUT2D eigenvalue weighted by atomic mass is 16.5. The number of pyridine rings is 1. The number of aromatic nitrogens is 3. The normalized spacial score (nSPS) is 17.1. The molecule has 1 aliphatic carbocycles. The Labute approximate surface area is 232 Å². The summed E-state index contributed by atoms with van der Waals surface area (Å²) in [5.74, 6) is 1.13. The van der Waals surface area contributed by atoms with E-state index in [9.17, 15) is 5.11 Å². The van der Waals surface area contributed by atoms with E-state index < -0.39 is 0 Å². The Morgan fingerprint density at radius 2 is 2.02 bits per heavy atom. The maximum absolute atomic E-state index is 9.89. The van der Waals surface area contributed by atoms with E-state index in [0.717, 1.165) is 71.2 Å². The number of methoxy groups -OCH3 is 1. The molecule has 0 spiro atoms. The summed E-state index contributed by atoms with van der Waals surface area (Å²) in [6, 6.07) is 11.4. The quantitative estimate of drug-likeness (QED) is 0.130. The molecule has 11 nitrogen and oxygen atoms in total. The van der Waals surface area contributed by atoms with Crippen LogP contribution in [0.1, 0.15) is 43.7 Å². The molecule has 7 N–H and O–H groups in total. The number of rotatable bonds is 7. The molecule has 2 atom stereocenters. The monoisotopic (exact) mass is 545 g/mol. The standard InChI is InChI=1S/C28H33N7O2.CH2O2/c1-3-17-11-22(36)8-9-24(17)34-28(30)23-15-32-35-16-19(18-7-10-26(37-2)31-14-18)12-25(35)27(23)33-21-6-4-5-20(29)13-21;2-1-3/h7-12,14-16,20-21,33,36H,3-6,13,29H2,1-2H3,(H2,30,34);1H,(H,2,3). The number of amidine groups is 1. The number of nitrogens with zero attached hydrogens (tertiary/aromatic N) is 4. The predicted octanol–water partition coefficient (Wildman–Crippen LogP) is 4.09. The molecule has 1 fully saturated rings. The summed E-state index contributed by atoms with van der Waals surface area (Å²) in [5, 5.41) is 25.2. The minimum absolute atomic E-state index is 0.176. The van der Waals surface area contributed by atoms with E-state index in [0.29, 0.717) is 11.7 Å². The average Bonchev–Trinajstić information content (AvgIpc) is 3.39. The molecule has 1 aromatic carbocycles. The summed E-state index contributed by atoms with van der Waals surface area (Å²) in [7, 11) is 1.60. The Bertz CT molecular complexity index is 1480. The summed E-state index contributed by atoms with van der Waals surface area (Å²) in [4.78, 5) is 17.5. The molecule has 11 heteroatoms. The zero-order chi connectivity index (χ0) is 28.6. The molecular formula is C29H35N7O4. The maximum atomic E-state index is 9.89. The number of anilines is 1. The van der Waals surface area contributed by atoms with Crippen LogP contribution in [0, 0.1) is 0 Å². The molecule has 0 amide bonds. The molecule has 0 bridgehead atoms. The second kappa shape index (κ2) is 12.9. The second-order valence-electron chi connectivity index (χ2n) is 9.62. The number of phenols is 1. The van der Waals surface area contributed by atoms with Gasteiger partial charge in [-0.15, -0.1) is 0 Å². The van der Waals surface area contributed by atoms with Crippen molar-refractivity contribution in [1.29, 1.82) is 0 Å². The third-order valence-corrected chi connectivity index (χ3v) is 6.94. The van der Waals surface area contributed by atoms with Crippen LogP contribution in [0.15, 0.2) is 60.0 Å². The SMILES string of the molecule is CCc1cc(O)ccc1N=C(N)c1cnn2cc(-c3ccc(OC)nc3)cc2c1NC1CCCC(N)C1.O=CO. The lowest BCUT2D eigenvalue weighted by molar-refractivity contribution is -0.122. The van der Waals surface area contributed by atoms with Gasteiger partial charge in [0.25, 0.3) is 6.47 Å². The Hall–Kier alpha value is -4.64. The maximum Gasteiger partial charge on any atom is 0.290 e. The predicted molar refractivity (Wildman–Crippen MR) is 155 cm³/mol. The van der Waals surface area contributed by atoms with Gasteiger partial charge in [0.05, 0.1) is 35.8 Å². The number of aromatic hydroxyl groups is 1. The van der Waals surface area contributed by atoms with Crippen LogP contribution in [-0.4, -0.2) is 56.3 Å². The van der Waals surface area contributed by atoms with E-state index in [-0.39, 0.29) is 24.3 Å². The summed E-state index contributed by atoms with van der Waals surface area (Å²) in [5.41, 5.74) is 19.0. The van der Waals surface area contributed by atoms with Crippen LogP contribution >= 0.6 is 0 Å². The van der Waals surface area contributed by atoms with Crippen LogP contribution in [-0.2, 0) is 11.2 Å². The molecule has 1 saturated carbocycles. The number of ether oxygens (including phenoxy) is 1. The Morgan fingerprint density at radius 1 is 1.23 bits per heavy atom. The molecule has 210 valence electrons. The van der Waals surface area contributed by atoms with Crippen molar-refractivity contribution in [1.82, 2.24) is 14.6 Å². The van der Waals surface area contributed by atoms with Gasteiger partial charge in [-0.1, -0.05) is 6.92 Å². The van der Waals surface area contributed by atoms with Crippen LogP contribution in [0.3, 0.4) is 0 Å². The first-order chi connectivity index (χ1) is 19.4. The van der Waals surface area contributed by atoms with E-state index in [1.165, 1.54) is 0 Å². The highest BCUT2D eigenvalue weighted by Gasteiger charge is 2.23. The average molecular weight is 546 g/mol. The fraction of sp³-hybridized carbons (Fsp3) is 0.310. The van der Waals surface area contributed by atoms with Gasteiger partial charge in [0, 0.05) is 41.7 Å². The molecule has 0 radical (unpaired) electrons. The molecule has 3 heterocycles. The fourth-order valence-electron chi connectivity index (χ4n) is 4.95. The highest BCUT2D eigenvalue weighted by Crippen LogP contribution is 2.32. The van der Waals surface area contributed by atoms with E-state index in [2.05, 4.69) is 21.5 Å². The molecular weight excluding hydrogens is 510 g/mol. The lowest BCUT2D eigenvalue weighted by Gasteiger charge is -2.29. The number of carboxylic acid groups (broad SMARTS) is 1. The number of aliphatic imine (C=N–C) groups is 1. The number of fused-ring (bicyclic) bond motifs is 1.